The molecule has 6 heteroatoms. The van der Waals surface area contributed by atoms with E-state index in [4.69, 9.17) is 10.5 Å². The molecule has 184 valence electrons. The SMILES string of the molecule is CC(C)(C)OC(=O)N(CCN)C(=O)C1C[C@@]2(C)C(=CC1=O)CC[C@H]1[C@@H]3CCC[C@@]3(C)CC[C@@H]12. The molecule has 0 aromatic heterocycles. The molecule has 0 heterocycles. The molecule has 0 spiro atoms. The lowest BCUT2D eigenvalue weighted by molar-refractivity contribution is -0.142. The molecule has 4 rings (SSSR count). The molecule has 4 aliphatic carbocycles. The molecule has 2 amide bonds. The average molecular weight is 459 g/mol. The van der Waals surface area contributed by atoms with Crippen LogP contribution in [-0.2, 0) is 14.3 Å². The van der Waals surface area contributed by atoms with E-state index in [0.717, 1.165) is 23.7 Å². The Hall–Kier alpha value is -1.69. The van der Waals surface area contributed by atoms with Gasteiger partial charge in [0.2, 0.25) is 5.91 Å². The van der Waals surface area contributed by atoms with Crippen LogP contribution in [0.4, 0.5) is 4.79 Å². The number of hydrogen-bond acceptors (Lipinski definition) is 5. The maximum absolute atomic E-state index is 13.6. The third kappa shape index (κ3) is 4.28. The van der Waals surface area contributed by atoms with Gasteiger partial charge in [0.05, 0.1) is 0 Å². The van der Waals surface area contributed by atoms with Crippen molar-refractivity contribution >= 4 is 17.8 Å². The minimum atomic E-state index is -0.839. The smallest absolute Gasteiger partial charge is 0.417 e. The third-order valence-corrected chi connectivity index (χ3v) is 9.34. The highest BCUT2D eigenvalue weighted by atomic mass is 16.6. The summed E-state index contributed by atoms with van der Waals surface area (Å²) < 4.78 is 5.46. The Labute approximate surface area is 198 Å². The number of ether oxygens (including phenoxy) is 1. The van der Waals surface area contributed by atoms with E-state index >= 15 is 0 Å². The normalized spacial score (nSPS) is 38.0. The molecule has 1 unspecified atom stereocenters. The van der Waals surface area contributed by atoms with Crippen LogP contribution in [0.15, 0.2) is 11.6 Å². The highest BCUT2D eigenvalue weighted by Crippen LogP contribution is 2.65. The fourth-order valence-electron chi connectivity index (χ4n) is 7.77. The molecule has 0 aliphatic heterocycles. The van der Waals surface area contributed by atoms with Crippen LogP contribution in [0.1, 0.15) is 86.0 Å². The number of nitrogens with two attached hydrogens (primary N) is 1. The van der Waals surface area contributed by atoms with Crippen LogP contribution in [-0.4, -0.2) is 41.4 Å². The first kappa shape index (κ1) is 24.4. The van der Waals surface area contributed by atoms with E-state index < -0.39 is 23.5 Å². The summed E-state index contributed by atoms with van der Waals surface area (Å²) in [6.07, 6.45) is 10.0. The molecule has 0 aromatic rings. The number of fused-ring (bicyclic) bond motifs is 5. The minimum absolute atomic E-state index is 0.0529. The third-order valence-electron chi connectivity index (χ3n) is 9.34. The number of ketones is 1. The molecule has 0 radical (unpaired) electrons. The molecule has 4 aliphatic rings. The van der Waals surface area contributed by atoms with E-state index in [1.807, 2.05) is 0 Å². The average Bonchev–Trinajstić information content (AvgIpc) is 3.12. The number of carbonyl (C=O) groups excluding carboxylic acids is 3. The van der Waals surface area contributed by atoms with Gasteiger partial charge in [-0.3, -0.25) is 9.59 Å². The van der Waals surface area contributed by atoms with E-state index in [1.54, 1.807) is 26.8 Å². The molecule has 3 saturated carbocycles. The minimum Gasteiger partial charge on any atom is -0.443 e. The van der Waals surface area contributed by atoms with Crippen LogP contribution in [0.5, 0.6) is 0 Å². The zero-order valence-electron chi connectivity index (χ0n) is 21.1. The Morgan fingerprint density at radius 3 is 2.55 bits per heavy atom. The largest absolute Gasteiger partial charge is 0.443 e. The predicted molar refractivity (Wildman–Crippen MR) is 127 cm³/mol. The van der Waals surface area contributed by atoms with Crippen molar-refractivity contribution in [2.24, 2.45) is 40.2 Å². The first-order chi connectivity index (χ1) is 15.4. The van der Waals surface area contributed by atoms with Gasteiger partial charge in [0.1, 0.15) is 11.5 Å². The molecule has 2 N–H and O–H groups in total. The van der Waals surface area contributed by atoms with Crippen molar-refractivity contribution in [2.75, 3.05) is 13.1 Å². The van der Waals surface area contributed by atoms with Gasteiger partial charge in [-0.15, -0.1) is 0 Å². The Morgan fingerprint density at radius 2 is 1.88 bits per heavy atom. The number of hydrogen-bond donors (Lipinski definition) is 1. The first-order valence-corrected chi connectivity index (χ1v) is 12.9. The zero-order valence-corrected chi connectivity index (χ0v) is 21.1. The van der Waals surface area contributed by atoms with Gasteiger partial charge < -0.3 is 10.5 Å². The number of nitrogens with zero attached hydrogens (tertiary/aromatic N) is 1. The van der Waals surface area contributed by atoms with Crippen LogP contribution in [0.3, 0.4) is 0 Å². The molecule has 6 atom stereocenters. The van der Waals surface area contributed by atoms with Gasteiger partial charge in [-0.1, -0.05) is 25.8 Å². The van der Waals surface area contributed by atoms with Crippen LogP contribution in [0.2, 0.25) is 0 Å². The molecular weight excluding hydrogens is 416 g/mol. The van der Waals surface area contributed by atoms with Crippen molar-refractivity contribution in [1.82, 2.24) is 4.90 Å². The van der Waals surface area contributed by atoms with E-state index in [1.165, 1.54) is 37.7 Å². The second-order valence-electron chi connectivity index (χ2n) is 12.5. The van der Waals surface area contributed by atoms with Gasteiger partial charge in [0.25, 0.3) is 0 Å². The molecule has 0 aromatic carbocycles. The number of rotatable bonds is 3. The standard InChI is InChI=1S/C27H42N2O4/c1-25(2,3)33-24(32)29(14-13-28)23(31)19-16-27(5)17(15-22(19)30)8-9-18-20-7-6-11-26(20,4)12-10-21(18)27/h15,18-21H,6-14,16,28H2,1-5H3/t18-,19?,20-,21-,26-,27-/m0/s1. The van der Waals surface area contributed by atoms with Gasteiger partial charge in [-0.25, -0.2) is 9.69 Å². The number of allylic oxidation sites excluding steroid dienone is 1. The molecule has 0 saturated heterocycles. The summed E-state index contributed by atoms with van der Waals surface area (Å²) in [6, 6.07) is 0. The topological polar surface area (TPSA) is 89.7 Å². The number of amides is 2. The molecule has 33 heavy (non-hydrogen) atoms. The lowest BCUT2D eigenvalue weighted by Crippen LogP contribution is -2.53. The van der Waals surface area contributed by atoms with Crippen LogP contribution < -0.4 is 5.73 Å². The molecule has 0 bridgehead atoms. The Bertz CT molecular complexity index is 859. The van der Waals surface area contributed by atoms with Gasteiger partial charge >= 0.3 is 6.09 Å². The molecule has 3 fully saturated rings. The van der Waals surface area contributed by atoms with Crippen molar-refractivity contribution in [3.05, 3.63) is 11.6 Å². The van der Waals surface area contributed by atoms with Crippen LogP contribution in [0.25, 0.3) is 0 Å². The number of carbonyl (C=O) groups is 3. The van der Waals surface area contributed by atoms with Crippen molar-refractivity contribution in [3.63, 3.8) is 0 Å². The summed E-state index contributed by atoms with van der Waals surface area (Å²) in [6.45, 7) is 10.2. The highest BCUT2D eigenvalue weighted by Gasteiger charge is 2.58. The Balaban J connectivity index is 1.60. The van der Waals surface area contributed by atoms with Gasteiger partial charge in [0, 0.05) is 13.1 Å². The van der Waals surface area contributed by atoms with Gasteiger partial charge in [-0.2, -0.15) is 0 Å². The maximum atomic E-state index is 13.6. The fourth-order valence-corrected chi connectivity index (χ4v) is 7.77. The summed E-state index contributed by atoms with van der Waals surface area (Å²) in [5.41, 5.74) is 6.51. The maximum Gasteiger partial charge on any atom is 0.417 e. The zero-order chi connectivity index (χ0) is 24.2. The van der Waals surface area contributed by atoms with E-state index in [-0.39, 0.29) is 24.3 Å². The van der Waals surface area contributed by atoms with Gasteiger partial charge in [-0.05, 0) is 100 Å². The molecule has 6 nitrogen and oxygen atoms in total. The van der Waals surface area contributed by atoms with Gasteiger partial charge in [0.15, 0.2) is 5.78 Å². The lowest BCUT2D eigenvalue weighted by Gasteiger charge is -2.58. The first-order valence-electron chi connectivity index (χ1n) is 12.9. The number of imide groups is 1. The lowest BCUT2D eigenvalue weighted by atomic mass is 9.47. The summed E-state index contributed by atoms with van der Waals surface area (Å²) in [7, 11) is 0. The second-order valence-corrected chi connectivity index (χ2v) is 12.5. The van der Waals surface area contributed by atoms with Crippen molar-refractivity contribution in [2.45, 2.75) is 91.6 Å². The summed E-state index contributed by atoms with van der Waals surface area (Å²) in [4.78, 5) is 40.5. The fraction of sp³-hybridized carbons (Fsp3) is 0.815. The highest BCUT2D eigenvalue weighted by molar-refractivity contribution is 6.11. The monoisotopic (exact) mass is 458 g/mol. The molecular formula is C27H42N2O4. The van der Waals surface area contributed by atoms with Crippen molar-refractivity contribution in [3.8, 4) is 0 Å². The van der Waals surface area contributed by atoms with E-state index in [9.17, 15) is 14.4 Å². The second kappa shape index (κ2) is 8.51. The van der Waals surface area contributed by atoms with E-state index in [0.29, 0.717) is 23.7 Å². The van der Waals surface area contributed by atoms with E-state index in [2.05, 4.69) is 13.8 Å². The van der Waals surface area contributed by atoms with Crippen LogP contribution in [0, 0.1) is 34.5 Å². The Kier molecular flexibility index (Phi) is 6.30. The van der Waals surface area contributed by atoms with Crippen molar-refractivity contribution < 1.29 is 19.1 Å². The summed E-state index contributed by atoms with van der Waals surface area (Å²) >= 11 is 0. The quantitative estimate of drug-likeness (QED) is 0.610. The Morgan fingerprint density at radius 1 is 1.15 bits per heavy atom. The summed E-state index contributed by atoms with van der Waals surface area (Å²) in [5.74, 6) is 0.466. The van der Waals surface area contributed by atoms with Crippen LogP contribution >= 0.6 is 0 Å². The summed E-state index contributed by atoms with van der Waals surface area (Å²) in [5, 5.41) is 0. The van der Waals surface area contributed by atoms with Crippen molar-refractivity contribution in [1.29, 1.82) is 0 Å². The predicted octanol–water partition coefficient (Wildman–Crippen LogP) is 4.86.